The summed E-state index contributed by atoms with van der Waals surface area (Å²) in [5.74, 6) is 0.642. The molecule has 19 heavy (non-hydrogen) atoms. The van der Waals surface area contributed by atoms with Crippen molar-refractivity contribution in [2.45, 2.75) is 46.3 Å². The van der Waals surface area contributed by atoms with E-state index in [0.717, 1.165) is 17.6 Å². The number of rotatable bonds is 7. The van der Waals surface area contributed by atoms with Crippen molar-refractivity contribution in [1.29, 1.82) is 0 Å². The highest BCUT2D eigenvalue weighted by Crippen LogP contribution is 2.15. The number of nitrogens with zero attached hydrogens (tertiary/aromatic N) is 1. The van der Waals surface area contributed by atoms with Gasteiger partial charge in [-0.3, -0.25) is 4.90 Å². The highest BCUT2D eigenvalue weighted by molar-refractivity contribution is 9.10. The first-order valence-electron chi connectivity index (χ1n) is 7.08. The van der Waals surface area contributed by atoms with Gasteiger partial charge in [-0.2, -0.15) is 0 Å². The van der Waals surface area contributed by atoms with Crippen LogP contribution in [-0.4, -0.2) is 30.6 Å². The first-order chi connectivity index (χ1) is 8.90. The van der Waals surface area contributed by atoms with Gasteiger partial charge in [0.15, 0.2) is 0 Å². The molecule has 1 aromatic carbocycles. The van der Waals surface area contributed by atoms with E-state index in [0.29, 0.717) is 18.0 Å². The van der Waals surface area contributed by atoms with Gasteiger partial charge in [-0.25, -0.2) is 0 Å². The molecular formula is C16H27BrN2. The summed E-state index contributed by atoms with van der Waals surface area (Å²) in [5, 5.41) is 3.52. The van der Waals surface area contributed by atoms with Crippen LogP contribution < -0.4 is 5.32 Å². The molecule has 0 saturated heterocycles. The summed E-state index contributed by atoms with van der Waals surface area (Å²) in [7, 11) is 2.21. The predicted molar refractivity (Wildman–Crippen MR) is 87.4 cm³/mol. The molecule has 3 heteroatoms. The van der Waals surface area contributed by atoms with Crippen LogP contribution in [0.15, 0.2) is 28.7 Å². The first kappa shape index (κ1) is 16.7. The van der Waals surface area contributed by atoms with Crippen molar-refractivity contribution in [3.05, 3.63) is 34.3 Å². The molecule has 2 nitrogen and oxygen atoms in total. The Morgan fingerprint density at radius 3 is 2.21 bits per heavy atom. The van der Waals surface area contributed by atoms with Gasteiger partial charge >= 0.3 is 0 Å². The van der Waals surface area contributed by atoms with E-state index in [2.05, 4.69) is 85.2 Å². The van der Waals surface area contributed by atoms with Gasteiger partial charge in [-0.15, -0.1) is 0 Å². The standard InChI is InChI=1S/C16H27BrN2/c1-12(2)18-10-13(3)14(4)19(5)11-15-6-8-16(17)9-7-15/h6-9,12-14,18H,10-11H2,1-5H3. The lowest BCUT2D eigenvalue weighted by Gasteiger charge is -2.30. The number of benzene rings is 1. The Labute approximate surface area is 126 Å². The maximum Gasteiger partial charge on any atom is 0.0233 e. The topological polar surface area (TPSA) is 15.3 Å². The van der Waals surface area contributed by atoms with E-state index in [4.69, 9.17) is 0 Å². The van der Waals surface area contributed by atoms with Gasteiger partial charge in [0.25, 0.3) is 0 Å². The van der Waals surface area contributed by atoms with Crippen molar-refractivity contribution in [2.75, 3.05) is 13.6 Å². The Morgan fingerprint density at radius 2 is 1.68 bits per heavy atom. The van der Waals surface area contributed by atoms with E-state index in [1.165, 1.54) is 5.56 Å². The molecular weight excluding hydrogens is 300 g/mol. The molecule has 0 aliphatic rings. The zero-order valence-corrected chi connectivity index (χ0v) is 14.4. The van der Waals surface area contributed by atoms with Gasteiger partial charge < -0.3 is 5.32 Å². The van der Waals surface area contributed by atoms with Crippen molar-refractivity contribution in [2.24, 2.45) is 5.92 Å². The molecule has 0 radical (unpaired) electrons. The van der Waals surface area contributed by atoms with Crippen molar-refractivity contribution in [3.8, 4) is 0 Å². The van der Waals surface area contributed by atoms with E-state index in [-0.39, 0.29) is 0 Å². The highest BCUT2D eigenvalue weighted by atomic mass is 79.9. The lowest BCUT2D eigenvalue weighted by atomic mass is 10.0. The fourth-order valence-corrected chi connectivity index (χ4v) is 2.31. The molecule has 2 atom stereocenters. The summed E-state index contributed by atoms with van der Waals surface area (Å²) < 4.78 is 1.14. The molecule has 0 aliphatic carbocycles. The molecule has 0 amide bonds. The second-order valence-corrected chi connectivity index (χ2v) is 6.74. The van der Waals surface area contributed by atoms with E-state index in [1.807, 2.05) is 0 Å². The van der Waals surface area contributed by atoms with E-state index >= 15 is 0 Å². The summed E-state index contributed by atoms with van der Waals surface area (Å²) in [6, 6.07) is 9.71. The summed E-state index contributed by atoms with van der Waals surface area (Å²) in [6.45, 7) is 11.1. The fourth-order valence-electron chi connectivity index (χ4n) is 2.05. The third-order valence-corrected chi connectivity index (χ3v) is 4.24. The number of halogens is 1. The van der Waals surface area contributed by atoms with Crippen LogP contribution in [0.2, 0.25) is 0 Å². The van der Waals surface area contributed by atoms with Crippen LogP contribution in [0.25, 0.3) is 0 Å². The molecule has 0 fully saturated rings. The smallest absolute Gasteiger partial charge is 0.0233 e. The molecule has 1 aromatic rings. The average molecular weight is 327 g/mol. The average Bonchev–Trinajstić information content (AvgIpc) is 2.37. The molecule has 108 valence electrons. The monoisotopic (exact) mass is 326 g/mol. The molecule has 0 aliphatic heterocycles. The predicted octanol–water partition coefficient (Wildman–Crippen LogP) is 3.90. The summed E-state index contributed by atoms with van der Waals surface area (Å²) in [4.78, 5) is 2.43. The van der Waals surface area contributed by atoms with Crippen LogP contribution >= 0.6 is 15.9 Å². The minimum Gasteiger partial charge on any atom is -0.314 e. The minimum absolute atomic E-state index is 0.562. The van der Waals surface area contributed by atoms with Crippen LogP contribution in [0, 0.1) is 5.92 Å². The Bertz CT molecular complexity index is 362. The number of hydrogen-bond acceptors (Lipinski definition) is 2. The van der Waals surface area contributed by atoms with E-state index in [9.17, 15) is 0 Å². The van der Waals surface area contributed by atoms with E-state index < -0.39 is 0 Å². The summed E-state index contributed by atoms with van der Waals surface area (Å²) >= 11 is 3.48. The fraction of sp³-hybridized carbons (Fsp3) is 0.625. The van der Waals surface area contributed by atoms with Crippen LogP contribution in [-0.2, 0) is 6.54 Å². The third-order valence-electron chi connectivity index (χ3n) is 3.71. The molecule has 0 spiro atoms. The molecule has 0 saturated carbocycles. The Kier molecular flexibility index (Phi) is 7.05. The van der Waals surface area contributed by atoms with Gasteiger partial charge in [-0.05, 0) is 44.1 Å². The maximum absolute atomic E-state index is 3.52. The lowest BCUT2D eigenvalue weighted by molar-refractivity contribution is 0.187. The maximum atomic E-state index is 3.52. The quantitative estimate of drug-likeness (QED) is 0.817. The van der Waals surface area contributed by atoms with Crippen LogP contribution in [0.5, 0.6) is 0 Å². The highest BCUT2D eigenvalue weighted by Gasteiger charge is 2.17. The lowest BCUT2D eigenvalue weighted by Crippen LogP contribution is -2.40. The molecule has 1 rings (SSSR count). The van der Waals surface area contributed by atoms with Crippen molar-refractivity contribution >= 4 is 15.9 Å². The van der Waals surface area contributed by atoms with Gasteiger partial charge in [-0.1, -0.05) is 48.8 Å². The van der Waals surface area contributed by atoms with E-state index in [1.54, 1.807) is 0 Å². The molecule has 0 bridgehead atoms. The Balaban J connectivity index is 2.47. The zero-order valence-electron chi connectivity index (χ0n) is 12.8. The first-order valence-corrected chi connectivity index (χ1v) is 7.87. The van der Waals surface area contributed by atoms with Gasteiger partial charge in [0.2, 0.25) is 0 Å². The summed E-state index contributed by atoms with van der Waals surface area (Å²) in [6.07, 6.45) is 0. The summed E-state index contributed by atoms with van der Waals surface area (Å²) in [5.41, 5.74) is 1.36. The molecule has 0 heterocycles. The van der Waals surface area contributed by atoms with Crippen molar-refractivity contribution in [3.63, 3.8) is 0 Å². The largest absolute Gasteiger partial charge is 0.314 e. The number of hydrogen-bond donors (Lipinski definition) is 1. The Hall–Kier alpha value is -0.380. The Morgan fingerprint density at radius 1 is 1.11 bits per heavy atom. The van der Waals surface area contributed by atoms with Crippen LogP contribution in [0.1, 0.15) is 33.3 Å². The zero-order chi connectivity index (χ0) is 14.4. The van der Waals surface area contributed by atoms with Crippen LogP contribution in [0.4, 0.5) is 0 Å². The van der Waals surface area contributed by atoms with Gasteiger partial charge in [0.05, 0.1) is 0 Å². The second-order valence-electron chi connectivity index (χ2n) is 5.82. The van der Waals surface area contributed by atoms with Gasteiger partial charge in [0, 0.05) is 23.1 Å². The minimum atomic E-state index is 0.562. The van der Waals surface area contributed by atoms with Crippen molar-refractivity contribution in [1.82, 2.24) is 10.2 Å². The normalized spacial score (nSPS) is 14.9. The van der Waals surface area contributed by atoms with Gasteiger partial charge in [0.1, 0.15) is 0 Å². The SMILES string of the molecule is CC(C)NCC(C)C(C)N(C)Cc1ccc(Br)cc1. The van der Waals surface area contributed by atoms with Crippen molar-refractivity contribution < 1.29 is 0 Å². The molecule has 0 aromatic heterocycles. The van der Waals surface area contributed by atoms with Crippen LogP contribution in [0.3, 0.4) is 0 Å². The molecule has 1 N–H and O–H groups in total. The molecule has 2 unspecified atom stereocenters. The number of nitrogens with one attached hydrogen (secondary N) is 1. The third kappa shape index (κ3) is 6.07. The second kappa shape index (κ2) is 8.03.